The van der Waals surface area contributed by atoms with E-state index in [1.165, 1.54) is 32.1 Å². The summed E-state index contributed by atoms with van der Waals surface area (Å²) in [7, 11) is 1.94. The summed E-state index contributed by atoms with van der Waals surface area (Å²) in [4.78, 5) is 12.7. The van der Waals surface area contributed by atoms with Crippen molar-refractivity contribution in [1.29, 1.82) is 0 Å². The summed E-state index contributed by atoms with van der Waals surface area (Å²) < 4.78 is 1.87. The fourth-order valence-corrected chi connectivity index (χ4v) is 3.89. The maximum Gasteiger partial charge on any atom is 0.227 e. The SMILES string of the molecule is CCCCC1CCCC1NC(=O)C(C)c1c(C)nn(C)c1C. The second-order valence-corrected chi connectivity index (χ2v) is 6.88. The van der Waals surface area contributed by atoms with Crippen molar-refractivity contribution in [2.45, 2.75) is 78.2 Å². The van der Waals surface area contributed by atoms with Crippen LogP contribution in [0.25, 0.3) is 0 Å². The van der Waals surface area contributed by atoms with Crippen LogP contribution >= 0.6 is 0 Å². The Morgan fingerprint density at radius 3 is 2.73 bits per heavy atom. The van der Waals surface area contributed by atoms with Gasteiger partial charge in [0, 0.05) is 24.3 Å². The number of unbranched alkanes of at least 4 members (excludes halogenated alkanes) is 1. The predicted octanol–water partition coefficient (Wildman–Crippen LogP) is 3.62. The molecule has 1 fully saturated rings. The number of hydrogen-bond acceptors (Lipinski definition) is 2. The van der Waals surface area contributed by atoms with Gasteiger partial charge < -0.3 is 5.32 Å². The third-order valence-electron chi connectivity index (χ3n) is 5.31. The second-order valence-electron chi connectivity index (χ2n) is 6.88. The lowest BCUT2D eigenvalue weighted by Crippen LogP contribution is -2.39. The highest BCUT2D eigenvalue weighted by molar-refractivity contribution is 5.84. The van der Waals surface area contributed by atoms with Gasteiger partial charge >= 0.3 is 0 Å². The Kier molecular flexibility index (Phi) is 5.65. The van der Waals surface area contributed by atoms with Crippen LogP contribution in [0.1, 0.15) is 75.2 Å². The molecule has 0 aliphatic heterocycles. The highest BCUT2D eigenvalue weighted by Crippen LogP contribution is 2.31. The highest BCUT2D eigenvalue weighted by Gasteiger charge is 2.30. The molecule has 3 atom stereocenters. The molecule has 1 saturated carbocycles. The van der Waals surface area contributed by atoms with Gasteiger partial charge in [0.15, 0.2) is 0 Å². The molecule has 1 aromatic heterocycles. The molecule has 0 saturated heterocycles. The molecule has 1 aromatic rings. The van der Waals surface area contributed by atoms with Crippen molar-refractivity contribution in [3.05, 3.63) is 17.0 Å². The quantitative estimate of drug-likeness (QED) is 0.872. The van der Waals surface area contributed by atoms with Crippen LogP contribution in [0.4, 0.5) is 0 Å². The normalized spacial score (nSPS) is 22.8. The van der Waals surface area contributed by atoms with Crippen molar-refractivity contribution in [2.75, 3.05) is 0 Å². The van der Waals surface area contributed by atoms with Gasteiger partial charge in [0.2, 0.25) is 5.91 Å². The molecule has 2 rings (SSSR count). The van der Waals surface area contributed by atoms with E-state index in [0.717, 1.165) is 23.4 Å². The van der Waals surface area contributed by atoms with E-state index in [4.69, 9.17) is 0 Å². The molecule has 0 spiro atoms. The van der Waals surface area contributed by atoms with Crippen LogP contribution in [-0.2, 0) is 11.8 Å². The fraction of sp³-hybridized carbons (Fsp3) is 0.778. The van der Waals surface area contributed by atoms with E-state index in [-0.39, 0.29) is 11.8 Å². The molecule has 0 bridgehead atoms. The molecule has 1 aliphatic rings. The smallest absolute Gasteiger partial charge is 0.227 e. The molecule has 0 aromatic carbocycles. The van der Waals surface area contributed by atoms with Crippen LogP contribution < -0.4 is 5.32 Å². The van der Waals surface area contributed by atoms with Crippen LogP contribution in [0.2, 0.25) is 0 Å². The molecule has 1 aliphatic carbocycles. The first-order chi connectivity index (χ1) is 10.5. The van der Waals surface area contributed by atoms with Gasteiger partial charge in [-0.3, -0.25) is 9.48 Å². The second kappa shape index (κ2) is 7.30. The largest absolute Gasteiger partial charge is 0.353 e. The van der Waals surface area contributed by atoms with E-state index < -0.39 is 0 Å². The Balaban J connectivity index is 2.02. The molecule has 0 radical (unpaired) electrons. The number of rotatable bonds is 6. The summed E-state index contributed by atoms with van der Waals surface area (Å²) in [6, 6.07) is 0.374. The molecule has 1 heterocycles. The third-order valence-corrected chi connectivity index (χ3v) is 5.31. The van der Waals surface area contributed by atoms with E-state index in [2.05, 4.69) is 17.3 Å². The summed E-state index contributed by atoms with van der Waals surface area (Å²) in [5.74, 6) is 0.709. The first-order valence-corrected chi connectivity index (χ1v) is 8.76. The van der Waals surface area contributed by atoms with Gasteiger partial charge in [0.1, 0.15) is 0 Å². The first kappa shape index (κ1) is 17.0. The summed E-state index contributed by atoms with van der Waals surface area (Å²) in [6.07, 6.45) is 7.41. The first-order valence-electron chi connectivity index (χ1n) is 8.76. The van der Waals surface area contributed by atoms with Crippen LogP contribution in [0, 0.1) is 19.8 Å². The third kappa shape index (κ3) is 3.53. The minimum absolute atomic E-state index is 0.124. The van der Waals surface area contributed by atoms with Crippen LogP contribution in [0.3, 0.4) is 0 Å². The van der Waals surface area contributed by atoms with E-state index in [1.807, 2.05) is 32.5 Å². The number of carbonyl (C=O) groups excluding carboxylic acids is 1. The molecule has 1 amide bonds. The zero-order valence-corrected chi connectivity index (χ0v) is 14.8. The summed E-state index contributed by atoms with van der Waals surface area (Å²) >= 11 is 0. The van der Waals surface area contributed by atoms with Gasteiger partial charge in [-0.15, -0.1) is 0 Å². The number of hydrogen-bond donors (Lipinski definition) is 1. The number of nitrogens with zero attached hydrogens (tertiary/aromatic N) is 2. The monoisotopic (exact) mass is 305 g/mol. The summed E-state index contributed by atoms with van der Waals surface area (Å²) in [6.45, 7) is 8.27. The average Bonchev–Trinajstić information content (AvgIpc) is 3.01. The van der Waals surface area contributed by atoms with Crippen LogP contribution in [0.5, 0.6) is 0 Å². The van der Waals surface area contributed by atoms with E-state index in [1.54, 1.807) is 0 Å². The van der Waals surface area contributed by atoms with Crippen LogP contribution in [0.15, 0.2) is 0 Å². The van der Waals surface area contributed by atoms with Gasteiger partial charge in [-0.25, -0.2) is 0 Å². The zero-order valence-electron chi connectivity index (χ0n) is 14.8. The Morgan fingerprint density at radius 1 is 1.41 bits per heavy atom. The summed E-state index contributed by atoms with van der Waals surface area (Å²) in [5, 5.41) is 7.76. The fourth-order valence-electron chi connectivity index (χ4n) is 3.89. The molecule has 1 N–H and O–H groups in total. The number of carbonyl (C=O) groups is 1. The van der Waals surface area contributed by atoms with E-state index in [9.17, 15) is 4.79 Å². The summed E-state index contributed by atoms with van der Waals surface area (Å²) in [5.41, 5.74) is 3.15. The van der Waals surface area contributed by atoms with Gasteiger partial charge in [-0.1, -0.05) is 26.2 Å². The van der Waals surface area contributed by atoms with E-state index in [0.29, 0.717) is 12.0 Å². The van der Waals surface area contributed by atoms with Crippen LogP contribution in [-0.4, -0.2) is 21.7 Å². The molecule has 4 heteroatoms. The number of aryl methyl sites for hydroxylation is 2. The molecule has 22 heavy (non-hydrogen) atoms. The Labute approximate surface area is 134 Å². The standard InChI is InChI=1S/C18H31N3O/c1-6-7-9-15-10-8-11-16(15)19-18(22)12(2)17-13(3)20-21(5)14(17)4/h12,15-16H,6-11H2,1-5H3,(H,19,22). The molecular formula is C18H31N3O. The van der Waals surface area contributed by atoms with Crippen molar-refractivity contribution in [3.8, 4) is 0 Å². The molecule has 4 nitrogen and oxygen atoms in total. The molecule has 124 valence electrons. The number of nitrogens with one attached hydrogen (secondary N) is 1. The minimum atomic E-state index is -0.124. The number of amides is 1. The van der Waals surface area contributed by atoms with Crippen molar-refractivity contribution in [1.82, 2.24) is 15.1 Å². The topological polar surface area (TPSA) is 46.9 Å². The van der Waals surface area contributed by atoms with Crippen molar-refractivity contribution < 1.29 is 4.79 Å². The maximum atomic E-state index is 12.7. The zero-order chi connectivity index (χ0) is 16.3. The van der Waals surface area contributed by atoms with Gasteiger partial charge in [-0.05, 0) is 46.0 Å². The Morgan fingerprint density at radius 2 is 2.14 bits per heavy atom. The van der Waals surface area contributed by atoms with Gasteiger partial charge in [0.05, 0.1) is 11.6 Å². The highest BCUT2D eigenvalue weighted by atomic mass is 16.1. The Hall–Kier alpha value is -1.32. The van der Waals surface area contributed by atoms with Crippen molar-refractivity contribution in [3.63, 3.8) is 0 Å². The molecular weight excluding hydrogens is 274 g/mol. The van der Waals surface area contributed by atoms with Crippen molar-refractivity contribution in [2.24, 2.45) is 13.0 Å². The number of aromatic nitrogens is 2. The minimum Gasteiger partial charge on any atom is -0.353 e. The van der Waals surface area contributed by atoms with Gasteiger partial charge in [-0.2, -0.15) is 5.10 Å². The maximum absolute atomic E-state index is 12.7. The predicted molar refractivity (Wildman–Crippen MR) is 89.9 cm³/mol. The van der Waals surface area contributed by atoms with Crippen molar-refractivity contribution >= 4 is 5.91 Å². The van der Waals surface area contributed by atoms with Gasteiger partial charge in [0.25, 0.3) is 0 Å². The Bertz CT molecular complexity index is 521. The molecule has 3 unspecified atom stereocenters. The van der Waals surface area contributed by atoms with E-state index >= 15 is 0 Å². The lowest BCUT2D eigenvalue weighted by atomic mass is 9.94. The lowest BCUT2D eigenvalue weighted by Gasteiger charge is -2.23. The average molecular weight is 305 g/mol. The lowest BCUT2D eigenvalue weighted by molar-refractivity contribution is -0.123.